The molecule has 124 valence electrons. The van der Waals surface area contributed by atoms with Gasteiger partial charge in [-0.15, -0.1) is 11.3 Å². The number of thiophene rings is 1. The highest BCUT2D eigenvalue weighted by atomic mass is 32.2. The first-order valence-electron chi connectivity index (χ1n) is 7.28. The van der Waals surface area contributed by atoms with Gasteiger partial charge in [0.15, 0.2) is 11.6 Å². The van der Waals surface area contributed by atoms with Gasteiger partial charge < -0.3 is 4.90 Å². The molecule has 2 heterocycles. The fourth-order valence-corrected chi connectivity index (χ4v) is 5.30. The van der Waals surface area contributed by atoms with E-state index in [4.69, 9.17) is 0 Å². The van der Waals surface area contributed by atoms with Crippen molar-refractivity contribution in [2.45, 2.75) is 10.8 Å². The number of benzene rings is 1. The van der Waals surface area contributed by atoms with Crippen molar-refractivity contribution in [1.82, 2.24) is 4.31 Å². The van der Waals surface area contributed by atoms with E-state index in [1.807, 2.05) is 0 Å². The standard InChI is InChI=1S/C15H16F2N2O2S2/c16-13-4-1-3-12(15(13)17)11-18-6-8-19(9-7-18)23(20,21)14-5-2-10-22-14/h1-5,10H,6-9,11H2/p+1. The molecule has 1 aliphatic heterocycles. The summed E-state index contributed by atoms with van der Waals surface area (Å²) < 4.78 is 53.6. The Hall–Kier alpha value is -1.35. The lowest BCUT2D eigenvalue weighted by atomic mass is 10.2. The van der Waals surface area contributed by atoms with Crippen LogP contribution in [0.4, 0.5) is 8.78 Å². The Morgan fingerprint density at radius 2 is 1.87 bits per heavy atom. The number of piperazine rings is 1. The molecule has 0 amide bonds. The van der Waals surface area contributed by atoms with E-state index in [0.717, 1.165) is 11.0 Å². The predicted octanol–water partition coefficient (Wildman–Crippen LogP) is 1.12. The van der Waals surface area contributed by atoms with Crippen LogP contribution in [-0.4, -0.2) is 38.9 Å². The highest BCUT2D eigenvalue weighted by Gasteiger charge is 2.31. The number of hydrogen-bond donors (Lipinski definition) is 1. The van der Waals surface area contributed by atoms with Crippen LogP contribution < -0.4 is 4.90 Å². The number of quaternary nitrogens is 1. The van der Waals surface area contributed by atoms with Crippen molar-refractivity contribution in [3.63, 3.8) is 0 Å². The van der Waals surface area contributed by atoms with E-state index in [9.17, 15) is 17.2 Å². The molecule has 0 unspecified atom stereocenters. The summed E-state index contributed by atoms with van der Waals surface area (Å²) >= 11 is 1.20. The first kappa shape index (κ1) is 16.5. The van der Waals surface area contributed by atoms with E-state index in [-0.39, 0.29) is 0 Å². The largest absolute Gasteiger partial charge is 0.329 e. The summed E-state index contributed by atoms with van der Waals surface area (Å²) in [6, 6.07) is 7.47. The molecule has 0 radical (unpaired) electrons. The molecule has 0 atom stereocenters. The Kier molecular flexibility index (Phi) is 4.77. The topological polar surface area (TPSA) is 41.8 Å². The first-order chi connectivity index (χ1) is 11.0. The third-order valence-corrected chi connectivity index (χ3v) is 7.26. The molecule has 0 bridgehead atoms. The summed E-state index contributed by atoms with van der Waals surface area (Å²) in [6.45, 7) is 2.26. The molecule has 1 aromatic heterocycles. The molecule has 3 rings (SSSR count). The van der Waals surface area contributed by atoms with Crippen LogP contribution >= 0.6 is 11.3 Å². The molecule has 1 fully saturated rings. The second-order valence-corrected chi connectivity index (χ2v) is 8.59. The number of hydrogen-bond acceptors (Lipinski definition) is 3. The quantitative estimate of drug-likeness (QED) is 0.889. The Morgan fingerprint density at radius 3 is 2.52 bits per heavy atom. The van der Waals surface area contributed by atoms with Crippen molar-refractivity contribution in [1.29, 1.82) is 0 Å². The van der Waals surface area contributed by atoms with E-state index < -0.39 is 21.7 Å². The van der Waals surface area contributed by atoms with Gasteiger partial charge in [-0.05, 0) is 17.5 Å². The molecular formula is C15H17F2N2O2S2+. The van der Waals surface area contributed by atoms with Crippen molar-refractivity contribution >= 4 is 21.4 Å². The minimum atomic E-state index is -3.43. The summed E-state index contributed by atoms with van der Waals surface area (Å²) in [5, 5.41) is 1.74. The fourth-order valence-electron chi connectivity index (χ4n) is 2.71. The van der Waals surface area contributed by atoms with Gasteiger partial charge in [0.05, 0.1) is 26.2 Å². The molecule has 4 nitrogen and oxygen atoms in total. The van der Waals surface area contributed by atoms with E-state index in [1.165, 1.54) is 21.7 Å². The molecule has 0 spiro atoms. The van der Waals surface area contributed by atoms with Crippen LogP contribution in [0.1, 0.15) is 5.56 Å². The molecule has 1 saturated heterocycles. The monoisotopic (exact) mass is 359 g/mol. The van der Waals surface area contributed by atoms with Gasteiger partial charge in [-0.25, -0.2) is 17.2 Å². The van der Waals surface area contributed by atoms with E-state index in [2.05, 4.69) is 0 Å². The maximum Gasteiger partial charge on any atom is 0.252 e. The highest BCUT2D eigenvalue weighted by Crippen LogP contribution is 2.20. The molecular weight excluding hydrogens is 342 g/mol. The Morgan fingerprint density at radius 1 is 1.13 bits per heavy atom. The SMILES string of the molecule is O=S(=O)(c1cccs1)N1CC[NH+](Cc2cccc(F)c2F)CC1. The minimum absolute atomic E-state index is 0.328. The maximum absolute atomic E-state index is 13.7. The summed E-state index contributed by atoms with van der Waals surface area (Å²) in [7, 11) is -3.43. The average molecular weight is 359 g/mol. The van der Waals surface area contributed by atoms with Crippen molar-refractivity contribution in [3.8, 4) is 0 Å². The Labute approximate surface area is 138 Å². The third kappa shape index (κ3) is 3.45. The molecule has 2 aromatic rings. The van der Waals surface area contributed by atoms with Crippen LogP contribution in [0.3, 0.4) is 0 Å². The van der Waals surface area contributed by atoms with Gasteiger partial charge in [0, 0.05) is 5.56 Å². The van der Waals surface area contributed by atoms with Crippen molar-refractivity contribution in [2.24, 2.45) is 0 Å². The lowest BCUT2D eigenvalue weighted by Gasteiger charge is -2.31. The van der Waals surface area contributed by atoms with Crippen molar-refractivity contribution in [2.75, 3.05) is 26.2 Å². The van der Waals surface area contributed by atoms with E-state index in [1.54, 1.807) is 23.6 Å². The lowest BCUT2D eigenvalue weighted by molar-refractivity contribution is -0.917. The van der Waals surface area contributed by atoms with Gasteiger partial charge in [-0.3, -0.25) is 0 Å². The summed E-state index contributed by atoms with van der Waals surface area (Å²) in [4.78, 5) is 1.05. The summed E-state index contributed by atoms with van der Waals surface area (Å²) in [6.07, 6.45) is 0. The van der Waals surface area contributed by atoms with Crippen LogP contribution in [-0.2, 0) is 16.6 Å². The number of nitrogens with zero attached hydrogens (tertiary/aromatic N) is 1. The summed E-state index contributed by atoms with van der Waals surface area (Å²) in [5.41, 5.74) is 0.328. The highest BCUT2D eigenvalue weighted by molar-refractivity contribution is 7.91. The Balaban J connectivity index is 1.64. The van der Waals surface area contributed by atoms with Gasteiger partial charge in [0.25, 0.3) is 10.0 Å². The minimum Gasteiger partial charge on any atom is -0.329 e. The number of rotatable bonds is 4. The van der Waals surface area contributed by atoms with E-state index in [0.29, 0.717) is 42.5 Å². The van der Waals surface area contributed by atoms with Crippen molar-refractivity contribution < 1.29 is 22.1 Å². The second-order valence-electron chi connectivity index (χ2n) is 5.48. The zero-order valence-electron chi connectivity index (χ0n) is 12.3. The van der Waals surface area contributed by atoms with Crippen LogP contribution in [0.15, 0.2) is 39.9 Å². The number of halogens is 2. The fraction of sp³-hybridized carbons (Fsp3) is 0.333. The second kappa shape index (κ2) is 6.64. The average Bonchev–Trinajstić information content (AvgIpc) is 3.08. The molecule has 0 aliphatic carbocycles. The van der Waals surface area contributed by atoms with Gasteiger partial charge in [0.2, 0.25) is 0 Å². The smallest absolute Gasteiger partial charge is 0.252 e. The molecule has 1 aliphatic rings. The predicted molar refractivity (Wildman–Crippen MR) is 83.8 cm³/mol. The van der Waals surface area contributed by atoms with Crippen molar-refractivity contribution in [3.05, 3.63) is 52.9 Å². The Bertz CT molecular complexity index is 771. The molecule has 23 heavy (non-hydrogen) atoms. The lowest BCUT2D eigenvalue weighted by Crippen LogP contribution is -3.13. The zero-order chi connectivity index (χ0) is 16.4. The van der Waals surface area contributed by atoms with Crippen LogP contribution in [0.25, 0.3) is 0 Å². The normalized spacial score (nSPS) is 17.5. The first-order valence-corrected chi connectivity index (χ1v) is 9.60. The third-order valence-electron chi connectivity index (χ3n) is 3.99. The number of sulfonamides is 1. The van der Waals surface area contributed by atoms with Crippen LogP contribution in [0.2, 0.25) is 0 Å². The van der Waals surface area contributed by atoms with Gasteiger partial charge >= 0.3 is 0 Å². The zero-order valence-corrected chi connectivity index (χ0v) is 14.0. The van der Waals surface area contributed by atoms with Gasteiger partial charge in [-0.2, -0.15) is 4.31 Å². The molecule has 0 saturated carbocycles. The van der Waals surface area contributed by atoms with Gasteiger partial charge in [0.1, 0.15) is 10.8 Å². The maximum atomic E-state index is 13.7. The van der Waals surface area contributed by atoms with Crippen LogP contribution in [0.5, 0.6) is 0 Å². The van der Waals surface area contributed by atoms with Gasteiger partial charge in [-0.1, -0.05) is 18.2 Å². The molecule has 1 N–H and O–H groups in total. The summed E-state index contributed by atoms with van der Waals surface area (Å²) in [5.74, 6) is -1.66. The molecule has 1 aromatic carbocycles. The number of nitrogens with one attached hydrogen (secondary N) is 1. The van der Waals surface area contributed by atoms with Crippen LogP contribution in [0, 0.1) is 11.6 Å². The van der Waals surface area contributed by atoms with E-state index >= 15 is 0 Å². The molecule has 8 heteroatoms.